The standard InChI is InChI=1S/C22H20N4O3/c27-20(16-7-2-1-3-8-16)18-19(17-9-4-5-10-24-17)26(22(29)21(18)28)13-6-12-25-14-11-23-15-25/h1-5,7-11,14-15,19,27H,6,12-13H2/b20-18+. The topological polar surface area (TPSA) is 88.3 Å². The van der Waals surface area contributed by atoms with Crippen LogP contribution in [0, 0.1) is 0 Å². The molecule has 0 radical (unpaired) electrons. The van der Waals surface area contributed by atoms with E-state index in [0.29, 0.717) is 30.8 Å². The third kappa shape index (κ3) is 3.67. The summed E-state index contributed by atoms with van der Waals surface area (Å²) in [5.41, 5.74) is 1.11. The molecule has 146 valence electrons. The molecule has 1 aliphatic heterocycles. The second-order valence-electron chi connectivity index (χ2n) is 6.77. The Hall–Kier alpha value is -3.74. The molecule has 1 aromatic carbocycles. The molecule has 29 heavy (non-hydrogen) atoms. The fourth-order valence-electron chi connectivity index (χ4n) is 3.55. The minimum Gasteiger partial charge on any atom is -0.507 e. The van der Waals surface area contributed by atoms with Gasteiger partial charge in [-0.05, 0) is 18.6 Å². The number of rotatable bonds is 6. The van der Waals surface area contributed by atoms with Crippen molar-refractivity contribution >= 4 is 17.4 Å². The molecule has 3 heterocycles. The molecule has 3 aromatic rings. The molecule has 4 rings (SSSR count). The van der Waals surface area contributed by atoms with Crippen molar-refractivity contribution in [1.29, 1.82) is 0 Å². The molecule has 1 amide bonds. The van der Waals surface area contributed by atoms with E-state index in [-0.39, 0.29) is 11.3 Å². The first-order valence-corrected chi connectivity index (χ1v) is 9.37. The number of aryl methyl sites for hydroxylation is 1. The maximum Gasteiger partial charge on any atom is 0.295 e. The van der Waals surface area contributed by atoms with E-state index in [1.807, 2.05) is 16.8 Å². The van der Waals surface area contributed by atoms with Crippen molar-refractivity contribution in [2.24, 2.45) is 0 Å². The highest BCUT2D eigenvalue weighted by Gasteiger charge is 2.46. The minimum absolute atomic E-state index is 0.0718. The molecular formula is C22H20N4O3. The van der Waals surface area contributed by atoms with Crippen molar-refractivity contribution in [2.45, 2.75) is 19.0 Å². The first-order chi connectivity index (χ1) is 14.2. The summed E-state index contributed by atoms with van der Waals surface area (Å²) in [5, 5.41) is 10.9. The van der Waals surface area contributed by atoms with Crippen LogP contribution in [0.15, 0.2) is 79.0 Å². The predicted octanol–water partition coefficient (Wildman–Crippen LogP) is 2.79. The van der Waals surface area contributed by atoms with Crippen LogP contribution in [0.4, 0.5) is 0 Å². The van der Waals surface area contributed by atoms with E-state index in [1.165, 1.54) is 4.90 Å². The molecule has 0 bridgehead atoms. The monoisotopic (exact) mass is 388 g/mol. The maximum atomic E-state index is 12.9. The number of carbonyl (C=O) groups is 2. The Morgan fingerprint density at radius 2 is 1.79 bits per heavy atom. The zero-order chi connectivity index (χ0) is 20.2. The normalized spacial score (nSPS) is 18.3. The molecule has 1 N–H and O–H groups in total. The fourth-order valence-corrected chi connectivity index (χ4v) is 3.55. The predicted molar refractivity (Wildman–Crippen MR) is 107 cm³/mol. The highest BCUT2D eigenvalue weighted by Crippen LogP contribution is 2.38. The number of hydrogen-bond acceptors (Lipinski definition) is 5. The van der Waals surface area contributed by atoms with Gasteiger partial charge in [-0.2, -0.15) is 0 Å². The van der Waals surface area contributed by atoms with Gasteiger partial charge in [0, 0.05) is 37.2 Å². The lowest BCUT2D eigenvalue weighted by molar-refractivity contribution is -0.140. The largest absolute Gasteiger partial charge is 0.507 e. The molecule has 1 fully saturated rings. The number of ketones is 1. The average molecular weight is 388 g/mol. The van der Waals surface area contributed by atoms with Crippen LogP contribution in [0.25, 0.3) is 5.76 Å². The van der Waals surface area contributed by atoms with Gasteiger partial charge in [0.2, 0.25) is 0 Å². The van der Waals surface area contributed by atoms with Crippen LogP contribution in [-0.4, -0.2) is 42.8 Å². The molecule has 0 spiro atoms. The lowest BCUT2D eigenvalue weighted by atomic mass is 9.98. The smallest absolute Gasteiger partial charge is 0.295 e. The number of pyridine rings is 1. The molecule has 1 saturated heterocycles. The van der Waals surface area contributed by atoms with Crippen molar-refractivity contribution in [2.75, 3.05) is 6.54 Å². The Morgan fingerprint density at radius 3 is 2.48 bits per heavy atom. The number of benzene rings is 1. The minimum atomic E-state index is -0.723. The number of aromatic nitrogens is 3. The molecule has 2 aromatic heterocycles. The van der Waals surface area contributed by atoms with Crippen LogP contribution in [-0.2, 0) is 16.1 Å². The third-order valence-electron chi connectivity index (χ3n) is 4.93. The SMILES string of the molecule is O=C1C(=O)N(CCCn2ccnc2)C(c2ccccn2)/C1=C(\O)c1ccccc1. The van der Waals surface area contributed by atoms with Crippen molar-refractivity contribution in [3.63, 3.8) is 0 Å². The second-order valence-corrected chi connectivity index (χ2v) is 6.77. The van der Waals surface area contributed by atoms with Gasteiger partial charge in [0.25, 0.3) is 11.7 Å². The van der Waals surface area contributed by atoms with Gasteiger partial charge in [0.1, 0.15) is 11.8 Å². The summed E-state index contributed by atoms with van der Waals surface area (Å²) in [4.78, 5) is 35.5. The van der Waals surface area contributed by atoms with Crippen molar-refractivity contribution in [1.82, 2.24) is 19.4 Å². The van der Waals surface area contributed by atoms with E-state index in [9.17, 15) is 14.7 Å². The summed E-state index contributed by atoms with van der Waals surface area (Å²) in [6.07, 6.45) is 7.50. The van der Waals surface area contributed by atoms with Gasteiger partial charge in [0.05, 0.1) is 17.6 Å². The van der Waals surface area contributed by atoms with Crippen molar-refractivity contribution in [3.05, 3.63) is 90.3 Å². The highest BCUT2D eigenvalue weighted by molar-refractivity contribution is 6.46. The molecule has 1 atom stereocenters. The maximum absolute atomic E-state index is 12.9. The van der Waals surface area contributed by atoms with Crippen molar-refractivity contribution in [3.8, 4) is 0 Å². The Labute approximate surface area is 168 Å². The number of likely N-dealkylation sites (tertiary alicyclic amines) is 1. The van der Waals surface area contributed by atoms with Crippen LogP contribution in [0.3, 0.4) is 0 Å². The van der Waals surface area contributed by atoms with E-state index in [0.717, 1.165) is 0 Å². The van der Waals surface area contributed by atoms with Crippen LogP contribution in [0.5, 0.6) is 0 Å². The molecule has 1 unspecified atom stereocenters. The summed E-state index contributed by atoms with van der Waals surface area (Å²) < 4.78 is 1.91. The van der Waals surface area contributed by atoms with Gasteiger partial charge in [-0.25, -0.2) is 4.98 Å². The number of carbonyl (C=O) groups excluding carboxylic acids is 2. The zero-order valence-corrected chi connectivity index (χ0v) is 15.7. The number of imidazole rings is 1. The Kier molecular flexibility index (Phi) is 5.20. The molecule has 1 aliphatic rings. The summed E-state index contributed by atoms with van der Waals surface area (Å²) in [7, 11) is 0. The van der Waals surface area contributed by atoms with E-state index in [4.69, 9.17) is 0 Å². The van der Waals surface area contributed by atoms with Gasteiger partial charge < -0.3 is 14.6 Å². The summed E-state index contributed by atoms with van der Waals surface area (Å²) in [6.45, 7) is 1.02. The molecule has 0 saturated carbocycles. The number of Topliss-reactive ketones (excluding diaryl/α,β-unsaturated/α-hetero) is 1. The average Bonchev–Trinajstić information content (AvgIpc) is 3.37. The van der Waals surface area contributed by atoms with E-state index in [2.05, 4.69) is 9.97 Å². The molecule has 7 nitrogen and oxygen atoms in total. The second kappa shape index (κ2) is 8.10. The molecule has 0 aliphatic carbocycles. The summed E-state index contributed by atoms with van der Waals surface area (Å²) >= 11 is 0. The lowest BCUT2D eigenvalue weighted by Crippen LogP contribution is -2.31. The highest BCUT2D eigenvalue weighted by atomic mass is 16.3. The van der Waals surface area contributed by atoms with Gasteiger partial charge in [0.15, 0.2) is 0 Å². The number of aliphatic hydroxyl groups excluding tert-OH is 1. The van der Waals surface area contributed by atoms with Gasteiger partial charge in [-0.15, -0.1) is 0 Å². The van der Waals surface area contributed by atoms with Crippen LogP contribution < -0.4 is 0 Å². The van der Waals surface area contributed by atoms with Gasteiger partial charge in [-0.1, -0.05) is 36.4 Å². The Morgan fingerprint density at radius 1 is 1.00 bits per heavy atom. The number of nitrogens with zero attached hydrogens (tertiary/aromatic N) is 4. The van der Waals surface area contributed by atoms with Gasteiger partial charge in [-0.3, -0.25) is 14.6 Å². The van der Waals surface area contributed by atoms with E-state index < -0.39 is 17.7 Å². The molecule has 7 heteroatoms. The summed E-state index contributed by atoms with van der Waals surface area (Å²) in [5.74, 6) is -1.50. The van der Waals surface area contributed by atoms with E-state index in [1.54, 1.807) is 61.2 Å². The van der Waals surface area contributed by atoms with Gasteiger partial charge >= 0.3 is 0 Å². The van der Waals surface area contributed by atoms with Crippen molar-refractivity contribution < 1.29 is 14.7 Å². The fraction of sp³-hybridized carbons (Fsp3) is 0.182. The Bertz CT molecular complexity index is 1030. The van der Waals surface area contributed by atoms with Crippen LogP contribution >= 0.6 is 0 Å². The van der Waals surface area contributed by atoms with E-state index >= 15 is 0 Å². The number of aliphatic hydroxyl groups is 1. The molecular weight excluding hydrogens is 368 g/mol. The zero-order valence-electron chi connectivity index (χ0n) is 15.7. The third-order valence-corrected chi connectivity index (χ3v) is 4.93. The lowest BCUT2D eigenvalue weighted by Gasteiger charge is -2.24. The first-order valence-electron chi connectivity index (χ1n) is 9.37. The number of amides is 1. The first kappa shape index (κ1) is 18.6. The number of hydrogen-bond donors (Lipinski definition) is 1. The van der Waals surface area contributed by atoms with Crippen LogP contribution in [0.2, 0.25) is 0 Å². The summed E-state index contributed by atoms with van der Waals surface area (Å²) in [6, 6.07) is 13.4. The Balaban J connectivity index is 1.70. The van der Waals surface area contributed by atoms with Crippen LogP contribution in [0.1, 0.15) is 23.7 Å². The quantitative estimate of drug-likeness (QED) is 0.399.